The summed E-state index contributed by atoms with van der Waals surface area (Å²) in [6.45, 7) is 5.75. The van der Waals surface area contributed by atoms with E-state index in [9.17, 15) is 4.79 Å². The van der Waals surface area contributed by atoms with Crippen LogP contribution >= 0.6 is 0 Å². The summed E-state index contributed by atoms with van der Waals surface area (Å²) in [4.78, 5) is 18.6. The van der Waals surface area contributed by atoms with Crippen molar-refractivity contribution >= 4 is 11.8 Å². The molecule has 1 N–H and O–H groups in total. The van der Waals surface area contributed by atoms with Crippen LogP contribution in [0.3, 0.4) is 0 Å². The van der Waals surface area contributed by atoms with E-state index in [2.05, 4.69) is 34.3 Å². The van der Waals surface area contributed by atoms with Gasteiger partial charge in [0.15, 0.2) is 5.82 Å². The van der Waals surface area contributed by atoms with Gasteiger partial charge in [0.1, 0.15) is 17.8 Å². The molecule has 0 spiro atoms. The van der Waals surface area contributed by atoms with Gasteiger partial charge in [0.2, 0.25) is 0 Å². The van der Waals surface area contributed by atoms with Gasteiger partial charge >= 0.3 is 6.03 Å². The highest BCUT2D eigenvalue weighted by Crippen LogP contribution is 2.20. The van der Waals surface area contributed by atoms with Crippen LogP contribution < -0.4 is 5.32 Å². The number of nitrogens with zero attached hydrogens (tertiary/aromatic N) is 5. The fourth-order valence-corrected chi connectivity index (χ4v) is 2.72. The van der Waals surface area contributed by atoms with Gasteiger partial charge in [-0.25, -0.2) is 9.78 Å². The fourth-order valence-electron chi connectivity index (χ4n) is 2.72. The molecule has 1 aliphatic rings. The standard InChI is InChI=1S/C16H22N6O/c1-12(2)22-11-17-20-15(22)13-7-6-8-14(18-13)19-16(23)21-9-4-3-5-10-21/h6-8,11-12H,3-5,9-10H2,1-2H3,(H,18,19,23). The normalized spacial score (nSPS) is 15.0. The third-order valence-electron chi connectivity index (χ3n) is 3.99. The minimum atomic E-state index is -0.0836. The summed E-state index contributed by atoms with van der Waals surface area (Å²) < 4.78 is 1.96. The van der Waals surface area contributed by atoms with E-state index >= 15 is 0 Å². The van der Waals surface area contributed by atoms with Crippen molar-refractivity contribution in [3.05, 3.63) is 24.5 Å². The second kappa shape index (κ2) is 6.76. The maximum Gasteiger partial charge on any atom is 0.323 e. The minimum Gasteiger partial charge on any atom is -0.325 e. The van der Waals surface area contributed by atoms with Crippen LogP contribution in [-0.2, 0) is 0 Å². The number of aromatic nitrogens is 4. The number of piperidine rings is 1. The van der Waals surface area contributed by atoms with Crippen LogP contribution in [-0.4, -0.2) is 43.8 Å². The molecule has 0 bridgehead atoms. The van der Waals surface area contributed by atoms with Crippen LogP contribution in [0.1, 0.15) is 39.2 Å². The Hall–Kier alpha value is -2.44. The SMILES string of the molecule is CC(C)n1cnnc1-c1cccc(NC(=O)N2CCCCC2)n1. The highest BCUT2D eigenvalue weighted by Gasteiger charge is 2.17. The molecule has 2 amide bonds. The van der Waals surface area contributed by atoms with Crippen LogP contribution in [0.2, 0.25) is 0 Å². The van der Waals surface area contributed by atoms with Gasteiger partial charge in [0.25, 0.3) is 0 Å². The van der Waals surface area contributed by atoms with Crippen molar-refractivity contribution in [1.29, 1.82) is 0 Å². The lowest BCUT2D eigenvalue weighted by molar-refractivity contribution is 0.200. The smallest absolute Gasteiger partial charge is 0.323 e. The summed E-state index contributed by atoms with van der Waals surface area (Å²) >= 11 is 0. The average Bonchev–Trinajstić information content (AvgIpc) is 3.06. The Balaban J connectivity index is 1.77. The summed E-state index contributed by atoms with van der Waals surface area (Å²) in [6, 6.07) is 5.70. The molecule has 7 heteroatoms. The number of amides is 2. The summed E-state index contributed by atoms with van der Waals surface area (Å²) in [6.07, 6.45) is 5.03. The highest BCUT2D eigenvalue weighted by atomic mass is 16.2. The van der Waals surface area contributed by atoms with E-state index in [4.69, 9.17) is 0 Å². The summed E-state index contributed by atoms with van der Waals surface area (Å²) in [5.41, 5.74) is 0.702. The fraction of sp³-hybridized carbons (Fsp3) is 0.500. The van der Waals surface area contributed by atoms with E-state index in [0.717, 1.165) is 25.9 Å². The van der Waals surface area contributed by atoms with Crippen molar-refractivity contribution in [1.82, 2.24) is 24.6 Å². The van der Waals surface area contributed by atoms with Gasteiger partial charge < -0.3 is 9.47 Å². The van der Waals surface area contributed by atoms with Crippen molar-refractivity contribution < 1.29 is 4.79 Å². The zero-order valence-corrected chi connectivity index (χ0v) is 13.6. The number of nitrogens with one attached hydrogen (secondary N) is 1. The van der Waals surface area contributed by atoms with E-state index in [1.165, 1.54) is 6.42 Å². The molecule has 1 fully saturated rings. The number of urea groups is 1. The second-order valence-electron chi connectivity index (χ2n) is 6.04. The highest BCUT2D eigenvalue weighted by molar-refractivity contribution is 5.88. The third-order valence-corrected chi connectivity index (χ3v) is 3.99. The molecule has 7 nitrogen and oxygen atoms in total. The number of hydrogen-bond donors (Lipinski definition) is 1. The molecule has 0 aromatic carbocycles. The Morgan fingerprint density at radius 1 is 1.22 bits per heavy atom. The third kappa shape index (κ3) is 3.49. The lowest BCUT2D eigenvalue weighted by Crippen LogP contribution is -2.38. The van der Waals surface area contributed by atoms with E-state index < -0.39 is 0 Å². The van der Waals surface area contributed by atoms with Crippen LogP contribution in [0.25, 0.3) is 11.5 Å². The molecule has 3 heterocycles. The minimum absolute atomic E-state index is 0.0836. The van der Waals surface area contributed by atoms with Crippen molar-refractivity contribution in [2.24, 2.45) is 0 Å². The van der Waals surface area contributed by atoms with Gasteiger partial charge in [-0.3, -0.25) is 5.32 Å². The molecule has 0 radical (unpaired) electrons. The van der Waals surface area contributed by atoms with Crippen molar-refractivity contribution in [2.45, 2.75) is 39.2 Å². The Labute approximate surface area is 135 Å². The average molecular weight is 314 g/mol. The first-order valence-corrected chi connectivity index (χ1v) is 8.08. The van der Waals surface area contributed by atoms with Crippen LogP contribution in [0.5, 0.6) is 0 Å². The predicted molar refractivity (Wildman–Crippen MR) is 88.1 cm³/mol. The number of anilines is 1. The summed E-state index contributed by atoms with van der Waals surface area (Å²) in [5.74, 6) is 1.24. The molecule has 1 saturated heterocycles. The monoisotopic (exact) mass is 314 g/mol. The largest absolute Gasteiger partial charge is 0.325 e. The Bertz CT molecular complexity index is 675. The summed E-state index contributed by atoms with van der Waals surface area (Å²) in [5, 5.41) is 11.0. The lowest BCUT2D eigenvalue weighted by atomic mass is 10.1. The van der Waals surface area contributed by atoms with Gasteiger partial charge in [-0.15, -0.1) is 10.2 Å². The van der Waals surface area contributed by atoms with Gasteiger partial charge in [-0.05, 0) is 45.2 Å². The number of likely N-dealkylation sites (tertiary alicyclic amines) is 1. The van der Waals surface area contributed by atoms with Gasteiger partial charge in [-0.2, -0.15) is 0 Å². The van der Waals surface area contributed by atoms with E-state index in [1.807, 2.05) is 21.6 Å². The molecule has 0 atom stereocenters. The molecule has 1 aliphatic heterocycles. The zero-order chi connectivity index (χ0) is 16.2. The van der Waals surface area contributed by atoms with Crippen molar-refractivity contribution in [3.63, 3.8) is 0 Å². The Morgan fingerprint density at radius 3 is 2.74 bits per heavy atom. The number of carbonyl (C=O) groups excluding carboxylic acids is 1. The molecular weight excluding hydrogens is 292 g/mol. The maximum atomic E-state index is 12.3. The molecule has 0 saturated carbocycles. The summed E-state index contributed by atoms with van der Waals surface area (Å²) in [7, 11) is 0. The number of rotatable bonds is 3. The predicted octanol–water partition coefficient (Wildman–Crippen LogP) is 2.94. The van der Waals surface area contributed by atoms with Gasteiger partial charge in [-0.1, -0.05) is 6.07 Å². The molecule has 0 aliphatic carbocycles. The molecule has 0 unspecified atom stereocenters. The molecule has 2 aromatic rings. The van der Waals surface area contributed by atoms with Crippen LogP contribution in [0.4, 0.5) is 10.6 Å². The first-order valence-electron chi connectivity index (χ1n) is 8.08. The topological polar surface area (TPSA) is 75.9 Å². The first-order chi connectivity index (χ1) is 11.1. The van der Waals surface area contributed by atoms with Gasteiger partial charge in [0.05, 0.1) is 0 Å². The number of carbonyl (C=O) groups is 1. The first kappa shape index (κ1) is 15.5. The number of hydrogen-bond acceptors (Lipinski definition) is 4. The molecule has 23 heavy (non-hydrogen) atoms. The van der Waals surface area contributed by atoms with Crippen molar-refractivity contribution in [3.8, 4) is 11.5 Å². The lowest BCUT2D eigenvalue weighted by Gasteiger charge is -2.26. The number of pyridine rings is 1. The second-order valence-corrected chi connectivity index (χ2v) is 6.04. The molecule has 122 valence electrons. The molecule has 2 aromatic heterocycles. The Morgan fingerprint density at radius 2 is 2.00 bits per heavy atom. The van der Waals surface area contributed by atoms with Crippen LogP contribution in [0.15, 0.2) is 24.5 Å². The van der Waals surface area contributed by atoms with Gasteiger partial charge in [0, 0.05) is 19.1 Å². The van der Waals surface area contributed by atoms with E-state index in [1.54, 1.807) is 12.4 Å². The van der Waals surface area contributed by atoms with E-state index in [-0.39, 0.29) is 12.1 Å². The van der Waals surface area contributed by atoms with Crippen LogP contribution in [0, 0.1) is 0 Å². The maximum absolute atomic E-state index is 12.3. The molecule has 3 rings (SSSR count). The Kier molecular flexibility index (Phi) is 4.55. The molecular formula is C16H22N6O. The quantitative estimate of drug-likeness (QED) is 0.945. The zero-order valence-electron chi connectivity index (χ0n) is 13.6. The van der Waals surface area contributed by atoms with Crippen molar-refractivity contribution in [2.75, 3.05) is 18.4 Å². The van der Waals surface area contributed by atoms with E-state index in [0.29, 0.717) is 17.3 Å².